The molecule has 0 spiro atoms. The Kier molecular flexibility index (Phi) is 3.78. The second kappa shape index (κ2) is 4.88. The number of rotatable bonds is 3. The Morgan fingerprint density at radius 1 is 1.62 bits per heavy atom. The lowest BCUT2D eigenvalue weighted by Gasteiger charge is -2.04. The van der Waals surface area contributed by atoms with Crippen LogP contribution in [0.4, 0.5) is 0 Å². The summed E-state index contributed by atoms with van der Waals surface area (Å²) in [4.78, 5) is 4.94. The Hall–Kier alpha value is -1.01. The van der Waals surface area contributed by atoms with Crippen molar-refractivity contribution >= 4 is 11.8 Å². The van der Waals surface area contributed by atoms with Crippen molar-refractivity contribution in [1.29, 1.82) is 5.26 Å². The van der Waals surface area contributed by atoms with Gasteiger partial charge in [-0.3, -0.25) is 4.98 Å². The van der Waals surface area contributed by atoms with Gasteiger partial charge in [0.2, 0.25) is 0 Å². The number of hydrogen-bond acceptors (Lipinski definition) is 3. The maximum Gasteiger partial charge on any atom is 0.102 e. The summed E-state index contributed by atoms with van der Waals surface area (Å²) in [6.45, 7) is 4.33. The van der Waals surface area contributed by atoms with Crippen LogP contribution in [0.3, 0.4) is 0 Å². The summed E-state index contributed by atoms with van der Waals surface area (Å²) in [6.07, 6.45) is 3.34. The van der Waals surface area contributed by atoms with Gasteiger partial charge in [0.25, 0.3) is 0 Å². The Labute approximate surface area is 83.0 Å². The van der Waals surface area contributed by atoms with Crippen LogP contribution < -0.4 is 0 Å². The van der Waals surface area contributed by atoms with Crippen LogP contribution in [-0.4, -0.2) is 10.7 Å². The van der Waals surface area contributed by atoms with Gasteiger partial charge in [0.05, 0.1) is 5.56 Å². The van der Waals surface area contributed by atoms with Gasteiger partial charge in [-0.15, -0.1) is 11.8 Å². The molecule has 0 aliphatic carbocycles. The zero-order chi connectivity index (χ0) is 9.68. The molecule has 1 heterocycles. The summed E-state index contributed by atoms with van der Waals surface area (Å²) in [5.74, 6) is 1.68. The quantitative estimate of drug-likeness (QED) is 0.691. The Morgan fingerprint density at radius 3 is 3.00 bits per heavy atom. The standard InChI is InChI=1S/C10H12N2S/c1-8(2)7-13-10-3-4-12-6-9(10)5-11/h3-4,6,8H,7H2,1-2H3. The zero-order valence-electron chi connectivity index (χ0n) is 7.82. The highest BCUT2D eigenvalue weighted by Crippen LogP contribution is 2.22. The normalized spacial score (nSPS) is 10.0. The van der Waals surface area contributed by atoms with Gasteiger partial charge >= 0.3 is 0 Å². The van der Waals surface area contributed by atoms with Crippen molar-refractivity contribution in [3.63, 3.8) is 0 Å². The molecular weight excluding hydrogens is 180 g/mol. The molecule has 68 valence electrons. The first kappa shape index (κ1) is 10.1. The van der Waals surface area contributed by atoms with Crippen molar-refractivity contribution in [2.24, 2.45) is 5.92 Å². The van der Waals surface area contributed by atoms with Crippen LogP contribution in [0.25, 0.3) is 0 Å². The predicted octanol–water partition coefficient (Wildman–Crippen LogP) is 2.70. The van der Waals surface area contributed by atoms with Crippen LogP contribution in [0.15, 0.2) is 23.4 Å². The smallest absolute Gasteiger partial charge is 0.102 e. The lowest BCUT2D eigenvalue weighted by molar-refractivity contribution is 0.750. The molecule has 0 saturated carbocycles. The third kappa shape index (κ3) is 3.08. The molecule has 0 saturated heterocycles. The summed E-state index contributed by atoms with van der Waals surface area (Å²) in [6, 6.07) is 4.03. The van der Waals surface area contributed by atoms with Gasteiger partial charge in [-0.1, -0.05) is 13.8 Å². The Balaban J connectivity index is 2.71. The van der Waals surface area contributed by atoms with Crippen LogP contribution in [0.2, 0.25) is 0 Å². The number of aromatic nitrogens is 1. The van der Waals surface area contributed by atoms with E-state index in [1.54, 1.807) is 24.2 Å². The van der Waals surface area contributed by atoms with E-state index in [9.17, 15) is 0 Å². The monoisotopic (exact) mass is 192 g/mol. The van der Waals surface area contributed by atoms with Gasteiger partial charge in [-0.2, -0.15) is 5.26 Å². The summed E-state index contributed by atoms with van der Waals surface area (Å²) in [7, 11) is 0. The van der Waals surface area contributed by atoms with Crippen LogP contribution in [0.1, 0.15) is 19.4 Å². The van der Waals surface area contributed by atoms with E-state index in [0.717, 1.165) is 10.6 Å². The van der Waals surface area contributed by atoms with Gasteiger partial charge in [0, 0.05) is 23.0 Å². The minimum atomic E-state index is 0.643. The SMILES string of the molecule is CC(C)CSc1ccncc1C#N. The van der Waals surface area contributed by atoms with Crippen molar-refractivity contribution < 1.29 is 0 Å². The molecular formula is C10H12N2S. The molecule has 0 aromatic carbocycles. The summed E-state index contributed by atoms with van der Waals surface area (Å²) >= 11 is 1.72. The van der Waals surface area contributed by atoms with Crippen molar-refractivity contribution in [1.82, 2.24) is 4.98 Å². The van der Waals surface area contributed by atoms with Crippen LogP contribution in [0.5, 0.6) is 0 Å². The van der Waals surface area contributed by atoms with Crippen molar-refractivity contribution in [3.05, 3.63) is 24.0 Å². The highest BCUT2D eigenvalue weighted by molar-refractivity contribution is 7.99. The van der Waals surface area contributed by atoms with E-state index in [1.807, 2.05) is 6.07 Å². The first-order chi connectivity index (χ1) is 6.24. The van der Waals surface area contributed by atoms with Gasteiger partial charge in [-0.25, -0.2) is 0 Å². The van der Waals surface area contributed by atoms with Gasteiger partial charge in [-0.05, 0) is 12.0 Å². The van der Waals surface area contributed by atoms with E-state index in [1.165, 1.54) is 0 Å². The second-order valence-electron chi connectivity index (χ2n) is 3.19. The largest absolute Gasteiger partial charge is 0.263 e. The van der Waals surface area contributed by atoms with E-state index in [-0.39, 0.29) is 0 Å². The molecule has 1 aromatic rings. The van der Waals surface area contributed by atoms with Gasteiger partial charge in [0.1, 0.15) is 6.07 Å². The molecule has 0 radical (unpaired) electrons. The minimum absolute atomic E-state index is 0.643. The molecule has 0 bridgehead atoms. The number of hydrogen-bond donors (Lipinski definition) is 0. The maximum atomic E-state index is 8.78. The fraction of sp³-hybridized carbons (Fsp3) is 0.400. The van der Waals surface area contributed by atoms with Crippen LogP contribution >= 0.6 is 11.8 Å². The highest BCUT2D eigenvalue weighted by atomic mass is 32.2. The predicted molar refractivity (Wildman–Crippen MR) is 54.5 cm³/mol. The number of pyridine rings is 1. The Bertz CT molecular complexity index is 315. The molecule has 1 aromatic heterocycles. The molecule has 3 heteroatoms. The molecule has 2 nitrogen and oxygen atoms in total. The van der Waals surface area contributed by atoms with Crippen molar-refractivity contribution in [2.75, 3.05) is 5.75 Å². The van der Waals surface area contributed by atoms with Gasteiger partial charge in [0.15, 0.2) is 0 Å². The van der Waals surface area contributed by atoms with Crippen LogP contribution in [0, 0.1) is 17.2 Å². The molecule has 0 unspecified atom stereocenters. The van der Waals surface area contributed by atoms with E-state index >= 15 is 0 Å². The molecule has 1 rings (SSSR count). The molecule has 0 N–H and O–H groups in total. The summed E-state index contributed by atoms with van der Waals surface area (Å²) in [5, 5.41) is 8.78. The lowest BCUT2D eigenvalue weighted by Crippen LogP contribution is -1.91. The molecule has 0 atom stereocenters. The van der Waals surface area contributed by atoms with Crippen LogP contribution in [-0.2, 0) is 0 Å². The van der Waals surface area contributed by atoms with Crippen molar-refractivity contribution in [3.8, 4) is 6.07 Å². The zero-order valence-corrected chi connectivity index (χ0v) is 8.64. The van der Waals surface area contributed by atoms with Gasteiger partial charge < -0.3 is 0 Å². The maximum absolute atomic E-state index is 8.78. The first-order valence-electron chi connectivity index (χ1n) is 4.21. The summed E-state index contributed by atoms with van der Waals surface area (Å²) in [5.41, 5.74) is 0.674. The average Bonchev–Trinajstić information content (AvgIpc) is 2.15. The molecule has 13 heavy (non-hydrogen) atoms. The number of nitrogens with zero attached hydrogens (tertiary/aromatic N) is 2. The molecule has 0 fully saturated rings. The van der Waals surface area contributed by atoms with E-state index < -0.39 is 0 Å². The number of nitriles is 1. The highest BCUT2D eigenvalue weighted by Gasteiger charge is 2.02. The minimum Gasteiger partial charge on any atom is -0.263 e. The van der Waals surface area contributed by atoms with E-state index in [2.05, 4.69) is 24.9 Å². The molecule has 0 aliphatic rings. The van der Waals surface area contributed by atoms with Crippen molar-refractivity contribution in [2.45, 2.75) is 18.7 Å². The lowest BCUT2D eigenvalue weighted by atomic mass is 10.3. The molecule has 0 amide bonds. The fourth-order valence-electron chi connectivity index (χ4n) is 0.848. The van der Waals surface area contributed by atoms with E-state index in [4.69, 9.17) is 5.26 Å². The second-order valence-corrected chi connectivity index (χ2v) is 4.25. The third-order valence-corrected chi connectivity index (χ3v) is 2.97. The van der Waals surface area contributed by atoms with E-state index in [0.29, 0.717) is 11.5 Å². The summed E-state index contributed by atoms with van der Waals surface area (Å²) < 4.78 is 0. The third-order valence-electron chi connectivity index (χ3n) is 1.47. The number of thioether (sulfide) groups is 1. The molecule has 0 aliphatic heterocycles. The first-order valence-corrected chi connectivity index (χ1v) is 5.19. The Morgan fingerprint density at radius 2 is 2.38 bits per heavy atom. The topological polar surface area (TPSA) is 36.7 Å². The fourth-order valence-corrected chi connectivity index (χ4v) is 1.77. The average molecular weight is 192 g/mol.